The molecule has 1 atom stereocenters. The van der Waals surface area contributed by atoms with Crippen LogP contribution in [0.15, 0.2) is 18.2 Å². The maximum atomic E-state index is 13.7. The molecule has 0 aliphatic rings. The van der Waals surface area contributed by atoms with Crippen LogP contribution < -0.4 is 10.1 Å². The lowest BCUT2D eigenvalue weighted by Gasteiger charge is -2.36. The summed E-state index contributed by atoms with van der Waals surface area (Å²) in [5, 5.41) is 2.76. The number of hydrogen-bond donors (Lipinski definition) is 1. The van der Waals surface area contributed by atoms with Crippen molar-refractivity contribution in [2.75, 3.05) is 13.2 Å². The van der Waals surface area contributed by atoms with Crippen molar-refractivity contribution in [3.05, 3.63) is 29.6 Å². The van der Waals surface area contributed by atoms with Gasteiger partial charge in [0.1, 0.15) is 23.8 Å². The number of alkyl carbamates (subject to hydrolysis) is 1. The van der Waals surface area contributed by atoms with E-state index < -0.39 is 31.9 Å². The third kappa shape index (κ3) is 9.18. The minimum Gasteiger partial charge on any atom is -0.490 e. The maximum Gasteiger partial charge on any atom is 0.408 e. The van der Waals surface area contributed by atoms with E-state index in [1.165, 1.54) is 12.1 Å². The SMILES string of the molecule is C[C@H](C#Cc1cc(F)ccc1OCCO[Si](C)(C)C(C)(C)C)NC(=O)OC(C)(C)C. The molecule has 0 aliphatic heterocycles. The molecule has 0 aliphatic carbocycles. The van der Waals surface area contributed by atoms with Crippen molar-refractivity contribution in [2.24, 2.45) is 0 Å². The van der Waals surface area contributed by atoms with Gasteiger partial charge in [-0.25, -0.2) is 9.18 Å². The Morgan fingerprint density at radius 1 is 1.17 bits per heavy atom. The van der Waals surface area contributed by atoms with Gasteiger partial charge in [0.05, 0.1) is 18.2 Å². The third-order valence-corrected chi connectivity index (χ3v) is 9.25. The summed E-state index contributed by atoms with van der Waals surface area (Å²) in [5.74, 6) is 5.84. The molecule has 5 nitrogen and oxygen atoms in total. The van der Waals surface area contributed by atoms with Gasteiger partial charge in [-0.2, -0.15) is 0 Å². The van der Waals surface area contributed by atoms with Gasteiger partial charge in [0.2, 0.25) is 0 Å². The molecule has 7 heteroatoms. The number of carbonyl (C=O) groups excluding carboxylic acids is 1. The van der Waals surface area contributed by atoms with E-state index in [0.29, 0.717) is 24.5 Å². The maximum absolute atomic E-state index is 13.7. The van der Waals surface area contributed by atoms with Crippen LogP contribution in [-0.2, 0) is 9.16 Å². The second kappa shape index (κ2) is 10.3. The van der Waals surface area contributed by atoms with Crippen molar-refractivity contribution in [3.63, 3.8) is 0 Å². The van der Waals surface area contributed by atoms with E-state index in [1.54, 1.807) is 33.8 Å². The van der Waals surface area contributed by atoms with Crippen molar-refractivity contribution in [1.82, 2.24) is 5.32 Å². The number of rotatable bonds is 6. The minimum absolute atomic E-state index is 0.122. The van der Waals surface area contributed by atoms with Crippen LogP contribution in [0.1, 0.15) is 54.0 Å². The molecule has 0 heterocycles. The summed E-state index contributed by atoms with van der Waals surface area (Å²) < 4.78 is 30.8. The summed E-state index contributed by atoms with van der Waals surface area (Å²) in [5.41, 5.74) is -0.173. The van der Waals surface area contributed by atoms with Gasteiger partial charge in [0.15, 0.2) is 8.32 Å². The molecular weight excluding hydrogens is 401 g/mol. The van der Waals surface area contributed by atoms with Crippen LogP contribution in [0.25, 0.3) is 0 Å². The zero-order valence-corrected chi connectivity index (χ0v) is 20.7. The highest BCUT2D eigenvalue weighted by molar-refractivity contribution is 6.74. The summed E-state index contributed by atoms with van der Waals surface area (Å²) in [6.45, 7) is 18.8. The highest BCUT2D eigenvalue weighted by Gasteiger charge is 2.36. The van der Waals surface area contributed by atoms with E-state index in [1.807, 2.05) is 0 Å². The van der Waals surface area contributed by atoms with Crippen LogP contribution in [-0.4, -0.2) is 39.3 Å². The first kappa shape index (κ1) is 26.0. The van der Waals surface area contributed by atoms with Crippen molar-refractivity contribution in [1.29, 1.82) is 0 Å². The molecule has 30 heavy (non-hydrogen) atoms. The van der Waals surface area contributed by atoms with Crippen LogP contribution in [0.3, 0.4) is 0 Å². The highest BCUT2D eigenvalue weighted by Crippen LogP contribution is 2.36. The fourth-order valence-corrected chi connectivity index (χ4v) is 3.12. The second-order valence-electron chi connectivity index (χ2n) is 9.73. The Labute approximate surface area is 181 Å². The van der Waals surface area contributed by atoms with Crippen LogP contribution in [0.2, 0.25) is 18.1 Å². The first-order valence-corrected chi connectivity index (χ1v) is 13.1. The van der Waals surface area contributed by atoms with E-state index in [9.17, 15) is 9.18 Å². The first-order valence-electron chi connectivity index (χ1n) is 10.2. The van der Waals surface area contributed by atoms with Gasteiger partial charge in [0, 0.05) is 0 Å². The predicted molar refractivity (Wildman–Crippen MR) is 121 cm³/mol. The number of hydrogen-bond acceptors (Lipinski definition) is 4. The monoisotopic (exact) mass is 437 g/mol. The lowest BCUT2D eigenvalue weighted by molar-refractivity contribution is 0.0519. The Kier molecular flexibility index (Phi) is 8.94. The molecule has 1 aromatic carbocycles. The molecule has 1 N–H and O–H groups in total. The Bertz CT molecular complexity index is 785. The van der Waals surface area contributed by atoms with Crippen molar-refractivity contribution in [3.8, 4) is 17.6 Å². The van der Waals surface area contributed by atoms with Gasteiger partial charge in [-0.15, -0.1) is 0 Å². The fourth-order valence-electron chi connectivity index (χ4n) is 2.10. The summed E-state index contributed by atoms with van der Waals surface area (Å²) >= 11 is 0. The predicted octanol–water partition coefficient (Wildman–Crippen LogP) is 5.49. The van der Waals surface area contributed by atoms with E-state index in [0.717, 1.165) is 0 Å². The van der Waals surface area contributed by atoms with E-state index >= 15 is 0 Å². The number of amides is 1. The van der Waals surface area contributed by atoms with Crippen molar-refractivity contribution in [2.45, 2.75) is 78.2 Å². The third-order valence-electron chi connectivity index (χ3n) is 4.71. The Morgan fingerprint density at radius 2 is 1.80 bits per heavy atom. The van der Waals surface area contributed by atoms with Gasteiger partial charge in [0.25, 0.3) is 0 Å². The first-order chi connectivity index (χ1) is 13.6. The Balaban J connectivity index is 2.74. The number of carbonyl (C=O) groups is 1. The molecular formula is C23H36FNO4Si. The zero-order chi connectivity index (χ0) is 23.2. The van der Waals surface area contributed by atoms with Gasteiger partial charge in [-0.1, -0.05) is 32.6 Å². The van der Waals surface area contributed by atoms with Gasteiger partial charge < -0.3 is 19.2 Å². The molecule has 0 radical (unpaired) electrons. The molecule has 168 valence electrons. The number of ether oxygens (including phenoxy) is 2. The van der Waals surface area contributed by atoms with Gasteiger partial charge in [-0.05, 0) is 64.0 Å². The quantitative estimate of drug-likeness (QED) is 0.363. The zero-order valence-electron chi connectivity index (χ0n) is 19.7. The topological polar surface area (TPSA) is 56.8 Å². The molecule has 1 rings (SSSR count). The minimum atomic E-state index is -1.85. The molecule has 0 fully saturated rings. The normalized spacial score (nSPS) is 13.1. The lowest BCUT2D eigenvalue weighted by atomic mass is 10.2. The van der Waals surface area contributed by atoms with Gasteiger partial charge in [-0.3, -0.25) is 0 Å². The summed E-state index contributed by atoms with van der Waals surface area (Å²) in [7, 11) is -1.85. The van der Waals surface area contributed by atoms with E-state index in [-0.39, 0.29) is 5.04 Å². The molecule has 0 bridgehead atoms. The van der Waals surface area contributed by atoms with Crippen LogP contribution in [0.4, 0.5) is 9.18 Å². The molecule has 0 aromatic heterocycles. The van der Waals surface area contributed by atoms with Crippen LogP contribution >= 0.6 is 0 Å². The molecule has 0 spiro atoms. The molecule has 1 amide bonds. The Hall–Kier alpha value is -2.04. The average molecular weight is 438 g/mol. The largest absolute Gasteiger partial charge is 0.490 e. The highest BCUT2D eigenvalue weighted by atomic mass is 28.4. The fraction of sp³-hybridized carbons (Fsp3) is 0.609. The van der Waals surface area contributed by atoms with E-state index in [4.69, 9.17) is 13.9 Å². The Morgan fingerprint density at radius 3 is 2.37 bits per heavy atom. The van der Waals surface area contributed by atoms with Crippen LogP contribution in [0, 0.1) is 17.7 Å². The van der Waals surface area contributed by atoms with Crippen molar-refractivity contribution >= 4 is 14.4 Å². The smallest absolute Gasteiger partial charge is 0.408 e. The summed E-state index contributed by atoms with van der Waals surface area (Å²) in [6.07, 6.45) is -0.553. The molecule has 0 saturated carbocycles. The van der Waals surface area contributed by atoms with Crippen molar-refractivity contribution < 1.29 is 23.1 Å². The summed E-state index contributed by atoms with van der Waals surface area (Å²) in [6, 6.07) is 3.73. The molecule has 0 unspecified atom stereocenters. The number of benzene rings is 1. The van der Waals surface area contributed by atoms with Gasteiger partial charge >= 0.3 is 6.09 Å². The van der Waals surface area contributed by atoms with Crippen LogP contribution in [0.5, 0.6) is 5.75 Å². The average Bonchev–Trinajstić information content (AvgIpc) is 2.55. The standard InChI is InChI=1S/C23H36FNO4Si/c1-17(25-21(26)29-22(2,3)4)10-11-18-16-19(24)12-13-20(18)27-14-15-28-30(8,9)23(5,6)7/h12-13,16-17H,14-15H2,1-9H3,(H,25,26)/t17-/m1/s1. The second-order valence-corrected chi connectivity index (χ2v) is 14.5. The number of halogens is 1. The molecule has 0 saturated heterocycles. The van der Waals surface area contributed by atoms with E-state index in [2.05, 4.69) is 51.0 Å². The molecule has 1 aromatic rings. The number of nitrogens with one attached hydrogen (secondary N) is 1. The summed E-state index contributed by atoms with van der Waals surface area (Å²) in [4.78, 5) is 11.8. The lowest BCUT2D eigenvalue weighted by Crippen LogP contribution is -2.41.